The van der Waals surface area contributed by atoms with Crippen LogP contribution in [-0.4, -0.2) is 13.2 Å². The van der Waals surface area contributed by atoms with Crippen LogP contribution in [0.4, 0.5) is 0 Å². The summed E-state index contributed by atoms with van der Waals surface area (Å²) in [5.74, 6) is 0.989. The van der Waals surface area contributed by atoms with E-state index in [1.54, 1.807) is 6.26 Å². The molecule has 0 aromatic rings. The molecule has 1 heterocycles. The van der Waals surface area contributed by atoms with E-state index >= 15 is 0 Å². The Hall–Kier alpha value is -0.500. The van der Waals surface area contributed by atoms with Gasteiger partial charge in [-0.1, -0.05) is 32.6 Å². The van der Waals surface area contributed by atoms with Crippen molar-refractivity contribution in [2.24, 2.45) is 0 Å². The molecule has 1 rings (SSSR count). The lowest BCUT2D eigenvalue weighted by Crippen LogP contribution is -1.95. The van der Waals surface area contributed by atoms with Gasteiger partial charge in [-0.3, -0.25) is 0 Å². The molecule has 0 unspecified atom stereocenters. The highest BCUT2D eigenvalue weighted by molar-refractivity contribution is 5.02. The molecule has 12 heavy (non-hydrogen) atoms. The van der Waals surface area contributed by atoms with Gasteiger partial charge in [-0.05, 0) is 6.42 Å². The molecule has 1 aliphatic rings. The first-order valence-electron chi connectivity index (χ1n) is 4.87. The lowest BCUT2D eigenvalue weighted by molar-refractivity contribution is 0.140. The van der Waals surface area contributed by atoms with E-state index in [1.807, 2.05) is 0 Å². The maximum Gasteiger partial charge on any atom is 0.164 e. The van der Waals surface area contributed by atoms with E-state index in [9.17, 15) is 0 Å². The molecular weight excluding hydrogens is 152 g/mol. The Morgan fingerprint density at radius 1 is 1.25 bits per heavy atom. The second kappa shape index (κ2) is 6.06. The molecule has 0 saturated carbocycles. The summed E-state index contributed by atoms with van der Waals surface area (Å²) in [6.45, 7) is 3.78. The maximum absolute atomic E-state index is 5.34. The predicted octanol–water partition coefficient (Wildman–Crippen LogP) is 2.85. The van der Waals surface area contributed by atoms with Gasteiger partial charge in [0.05, 0.1) is 0 Å². The molecule has 0 aromatic heterocycles. The molecule has 1 aliphatic heterocycles. The molecule has 0 N–H and O–H groups in total. The maximum atomic E-state index is 5.34. The number of ether oxygens (including phenoxy) is 2. The third kappa shape index (κ3) is 5.19. The Morgan fingerprint density at radius 2 is 2.00 bits per heavy atom. The Balaban J connectivity index is 1.67. The Kier molecular flexibility index (Phi) is 4.85. The molecule has 0 saturated heterocycles. The minimum atomic E-state index is 0.674. The third-order valence-corrected chi connectivity index (χ3v) is 1.92. The molecule has 0 aromatic carbocycles. The van der Waals surface area contributed by atoms with Crippen LogP contribution >= 0.6 is 0 Å². The molecule has 0 amide bonds. The number of hydrogen-bond acceptors (Lipinski definition) is 2. The van der Waals surface area contributed by atoms with E-state index in [0.29, 0.717) is 6.61 Å². The summed E-state index contributed by atoms with van der Waals surface area (Å²) < 4.78 is 10.2. The van der Waals surface area contributed by atoms with Gasteiger partial charge in [0.25, 0.3) is 0 Å². The summed E-state index contributed by atoms with van der Waals surface area (Å²) >= 11 is 0. The lowest BCUT2D eigenvalue weighted by atomic mass is 10.2. The molecule has 0 aliphatic carbocycles. The van der Waals surface area contributed by atoms with E-state index in [4.69, 9.17) is 9.47 Å². The number of unbranched alkanes of at least 4 members (excludes halogenated alkanes) is 4. The van der Waals surface area contributed by atoms with Crippen LogP contribution in [0.2, 0.25) is 0 Å². The van der Waals surface area contributed by atoms with Crippen LogP contribution in [0.25, 0.3) is 0 Å². The average Bonchev–Trinajstić information content (AvgIpc) is 2.87. The molecule has 0 spiro atoms. The molecule has 0 atom stereocenters. The van der Waals surface area contributed by atoms with Crippen LogP contribution in [0.1, 0.15) is 39.0 Å². The summed E-state index contributed by atoms with van der Waals surface area (Å²) in [5.41, 5.74) is 0. The van der Waals surface area contributed by atoms with Crippen molar-refractivity contribution in [3.05, 3.63) is 12.0 Å². The summed E-state index contributed by atoms with van der Waals surface area (Å²) in [4.78, 5) is 0. The first-order chi connectivity index (χ1) is 5.93. The number of rotatable bonds is 8. The van der Waals surface area contributed by atoms with Crippen molar-refractivity contribution in [3.8, 4) is 0 Å². The fourth-order valence-corrected chi connectivity index (χ4v) is 1.09. The van der Waals surface area contributed by atoms with E-state index in [2.05, 4.69) is 6.92 Å². The highest BCUT2D eigenvalue weighted by Crippen LogP contribution is 2.12. The van der Waals surface area contributed by atoms with Gasteiger partial charge in [0.15, 0.2) is 5.76 Å². The Labute approximate surface area is 74.6 Å². The summed E-state index contributed by atoms with van der Waals surface area (Å²) in [6, 6.07) is 0. The highest BCUT2D eigenvalue weighted by atomic mass is 16.6. The first-order valence-corrected chi connectivity index (χ1v) is 4.87. The van der Waals surface area contributed by atoms with Crippen LogP contribution in [0.5, 0.6) is 0 Å². The average molecular weight is 170 g/mol. The smallest absolute Gasteiger partial charge is 0.164 e. The largest absolute Gasteiger partial charge is 0.460 e. The van der Waals surface area contributed by atoms with Gasteiger partial charge in [-0.15, -0.1) is 0 Å². The van der Waals surface area contributed by atoms with Gasteiger partial charge in [0.1, 0.15) is 12.9 Å². The van der Waals surface area contributed by atoms with Crippen molar-refractivity contribution in [1.82, 2.24) is 0 Å². The zero-order valence-corrected chi connectivity index (χ0v) is 7.84. The van der Waals surface area contributed by atoms with Crippen molar-refractivity contribution in [2.75, 3.05) is 13.2 Å². The van der Waals surface area contributed by atoms with Gasteiger partial charge in [-0.25, -0.2) is 0 Å². The third-order valence-electron chi connectivity index (χ3n) is 1.92. The Bertz CT molecular complexity index is 141. The molecular formula is C10H18O2. The van der Waals surface area contributed by atoms with Crippen LogP contribution in [-0.2, 0) is 9.47 Å². The zero-order chi connectivity index (χ0) is 8.65. The Morgan fingerprint density at radius 3 is 2.67 bits per heavy atom. The molecule has 0 fully saturated rings. The molecule has 2 nitrogen and oxygen atoms in total. The zero-order valence-electron chi connectivity index (χ0n) is 7.84. The van der Waals surface area contributed by atoms with Crippen molar-refractivity contribution in [2.45, 2.75) is 39.0 Å². The van der Waals surface area contributed by atoms with Gasteiger partial charge < -0.3 is 9.47 Å². The van der Waals surface area contributed by atoms with Crippen molar-refractivity contribution in [3.63, 3.8) is 0 Å². The van der Waals surface area contributed by atoms with Gasteiger partial charge in [0.2, 0.25) is 0 Å². The highest BCUT2D eigenvalue weighted by Gasteiger charge is 2.08. The normalized spacial score (nSPS) is 13.9. The van der Waals surface area contributed by atoms with Crippen molar-refractivity contribution >= 4 is 0 Å². The first kappa shape index (κ1) is 9.59. The van der Waals surface area contributed by atoms with Crippen molar-refractivity contribution < 1.29 is 9.47 Å². The lowest BCUT2D eigenvalue weighted by Gasteiger charge is -2.00. The van der Waals surface area contributed by atoms with Gasteiger partial charge >= 0.3 is 0 Å². The topological polar surface area (TPSA) is 21.8 Å². The molecule has 0 bridgehead atoms. The van der Waals surface area contributed by atoms with Crippen LogP contribution in [0.3, 0.4) is 0 Å². The van der Waals surface area contributed by atoms with E-state index in [1.165, 1.54) is 32.1 Å². The van der Waals surface area contributed by atoms with E-state index in [0.717, 1.165) is 12.4 Å². The quantitative estimate of drug-likeness (QED) is 0.522. The predicted molar refractivity (Wildman–Crippen MR) is 48.7 cm³/mol. The van der Waals surface area contributed by atoms with Gasteiger partial charge in [-0.2, -0.15) is 0 Å². The minimum absolute atomic E-state index is 0.674. The monoisotopic (exact) mass is 170 g/mol. The summed E-state index contributed by atoms with van der Waals surface area (Å²) in [7, 11) is 0. The van der Waals surface area contributed by atoms with E-state index in [-0.39, 0.29) is 0 Å². The van der Waals surface area contributed by atoms with Gasteiger partial charge in [0, 0.05) is 6.61 Å². The fourth-order valence-electron chi connectivity index (χ4n) is 1.09. The standard InChI is InChI=1S/C10H18O2/c1-2-3-4-5-6-7-11-8-10-9-12-10/h9H,2-8H2,1H3. The molecule has 2 heteroatoms. The molecule has 0 radical (unpaired) electrons. The SMILES string of the molecule is CCCCCCCOCC1=CO1. The van der Waals surface area contributed by atoms with E-state index < -0.39 is 0 Å². The fraction of sp³-hybridized carbons (Fsp3) is 0.800. The van der Waals surface area contributed by atoms with Crippen molar-refractivity contribution in [1.29, 1.82) is 0 Å². The summed E-state index contributed by atoms with van der Waals surface area (Å²) in [6.07, 6.45) is 8.23. The second-order valence-electron chi connectivity index (χ2n) is 3.17. The van der Waals surface area contributed by atoms with Crippen LogP contribution in [0.15, 0.2) is 12.0 Å². The second-order valence-corrected chi connectivity index (χ2v) is 3.17. The van der Waals surface area contributed by atoms with Crippen LogP contribution in [0, 0.1) is 0 Å². The summed E-state index contributed by atoms with van der Waals surface area (Å²) in [5, 5.41) is 0. The van der Waals surface area contributed by atoms with Crippen LogP contribution < -0.4 is 0 Å². The minimum Gasteiger partial charge on any atom is -0.460 e. The molecule has 70 valence electrons. The number of hydrogen-bond donors (Lipinski definition) is 0.